The van der Waals surface area contributed by atoms with Crippen LogP contribution in [0, 0.1) is 5.82 Å². The molecule has 0 atom stereocenters. The number of carbonyl (C=O) groups is 1. The second-order valence-corrected chi connectivity index (χ2v) is 7.85. The number of amides is 1. The molecule has 3 heterocycles. The zero-order chi connectivity index (χ0) is 20.0. The van der Waals surface area contributed by atoms with Crippen molar-refractivity contribution in [1.82, 2.24) is 14.5 Å². The van der Waals surface area contributed by atoms with Crippen molar-refractivity contribution in [2.24, 2.45) is 0 Å². The number of nitrogens with zero attached hydrogens (tertiary/aromatic N) is 3. The van der Waals surface area contributed by atoms with E-state index in [1.165, 1.54) is 28.0 Å². The second-order valence-electron chi connectivity index (χ2n) is 6.99. The monoisotopic (exact) mass is 405 g/mol. The van der Waals surface area contributed by atoms with E-state index in [9.17, 15) is 14.0 Å². The van der Waals surface area contributed by atoms with Crippen LogP contribution in [0.2, 0.25) is 0 Å². The van der Waals surface area contributed by atoms with Gasteiger partial charge in [0, 0.05) is 31.0 Å². The summed E-state index contributed by atoms with van der Waals surface area (Å²) in [5.41, 5.74) is 5.53. The summed E-state index contributed by atoms with van der Waals surface area (Å²) in [5, 5.41) is 0. The third-order valence-corrected chi connectivity index (χ3v) is 6.10. The van der Waals surface area contributed by atoms with Crippen LogP contribution in [0.5, 0.6) is 0 Å². The molecule has 2 aromatic carbocycles. The van der Waals surface area contributed by atoms with Crippen molar-refractivity contribution in [3.8, 4) is 5.69 Å². The van der Waals surface area contributed by atoms with E-state index in [1.54, 1.807) is 34.8 Å². The number of hydrogen-bond acceptors (Lipinski definition) is 4. The molecule has 0 spiro atoms. The number of aromatic nitrogens is 2. The largest absolute Gasteiger partial charge is 0.334 e. The van der Waals surface area contributed by atoms with Crippen LogP contribution in [-0.2, 0) is 13.0 Å². The van der Waals surface area contributed by atoms with Crippen LogP contribution < -0.4 is 5.56 Å². The molecule has 5 rings (SSSR count). The van der Waals surface area contributed by atoms with Crippen LogP contribution in [0.4, 0.5) is 4.39 Å². The highest BCUT2D eigenvalue weighted by Crippen LogP contribution is 2.26. The molecule has 5 nitrogen and oxygen atoms in total. The lowest BCUT2D eigenvalue weighted by atomic mass is 10.0. The maximum absolute atomic E-state index is 13.2. The quantitative estimate of drug-likeness (QED) is 0.510. The first-order chi connectivity index (χ1) is 14.1. The van der Waals surface area contributed by atoms with Crippen LogP contribution in [-0.4, -0.2) is 26.9 Å². The highest BCUT2D eigenvalue weighted by Gasteiger charge is 2.24. The average molecular weight is 405 g/mol. The first-order valence-corrected chi connectivity index (χ1v) is 10.1. The van der Waals surface area contributed by atoms with Crippen LogP contribution >= 0.6 is 11.3 Å². The van der Waals surface area contributed by atoms with Gasteiger partial charge in [-0.05, 0) is 53.9 Å². The topological polar surface area (TPSA) is 55.2 Å². The van der Waals surface area contributed by atoms with Crippen molar-refractivity contribution in [3.05, 3.63) is 93.1 Å². The molecule has 0 unspecified atom stereocenters. The average Bonchev–Trinajstić information content (AvgIpc) is 3.22. The van der Waals surface area contributed by atoms with Crippen molar-refractivity contribution in [2.75, 3.05) is 6.54 Å². The molecule has 0 radical (unpaired) electrons. The van der Waals surface area contributed by atoms with Gasteiger partial charge in [0.1, 0.15) is 5.82 Å². The zero-order valence-electron chi connectivity index (χ0n) is 15.3. The molecule has 7 heteroatoms. The minimum absolute atomic E-state index is 0.0370. The van der Waals surface area contributed by atoms with Crippen molar-refractivity contribution in [1.29, 1.82) is 0 Å². The smallest absolute Gasteiger partial charge is 0.255 e. The summed E-state index contributed by atoms with van der Waals surface area (Å²) in [6.45, 7) is 0.978. The van der Waals surface area contributed by atoms with E-state index in [1.807, 2.05) is 18.2 Å². The lowest BCUT2D eigenvalue weighted by Gasteiger charge is -2.29. The number of thiazole rings is 1. The fourth-order valence-corrected chi connectivity index (χ4v) is 4.53. The van der Waals surface area contributed by atoms with Crippen molar-refractivity contribution < 1.29 is 9.18 Å². The van der Waals surface area contributed by atoms with Crippen LogP contribution in [0.3, 0.4) is 0 Å². The first-order valence-electron chi connectivity index (χ1n) is 9.22. The van der Waals surface area contributed by atoms with E-state index in [0.29, 0.717) is 30.8 Å². The second kappa shape index (κ2) is 6.93. The van der Waals surface area contributed by atoms with E-state index >= 15 is 0 Å². The van der Waals surface area contributed by atoms with Gasteiger partial charge in [0.2, 0.25) is 0 Å². The summed E-state index contributed by atoms with van der Waals surface area (Å²) in [6, 6.07) is 13.0. The summed E-state index contributed by atoms with van der Waals surface area (Å²) >= 11 is 1.46. The molecule has 1 aliphatic rings. The Labute approximate surface area is 169 Å². The summed E-state index contributed by atoms with van der Waals surface area (Å²) in [5.74, 6) is -0.390. The third-order valence-electron chi connectivity index (χ3n) is 5.22. The van der Waals surface area contributed by atoms with Crippen molar-refractivity contribution >= 4 is 27.5 Å². The van der Waals surface area contributed by atoms with Crippen LogP contribution in [0.1, 0.15) is 21.5 Å². The Hall–Kier alpha value is -3.32. The molecule has 1 amide bonds. The van der Waals surface area contributed by atoms with Gasteiger partial charge in [-0.3, -0.25) is 14.2 Å². The van der Waals surface area contributed by atoms with Gasteiger partial charge in [-0.2, -0.15) is 0 Å². The van der Waals surface area contributed by atoms with E-state index < -0.39 is 0 Å². The number of fused-ring (bicyclic) bond motifs is 2. The Kier molecular flexibility index (Phi) is 4.24. The minimum Gasteiger partial charge on any atom is -0.334 e. The van der Waals surface area contributed by atoms with Crippen molar-refractivity contribution in [2.45, 2.75) is 13.0 Å². The predicted octanol–water partition coefficient (Wildman–Crippen LogP) is 3.78. The van der Waals surface area contributed by atoms with Gasteiger partial charge >= 0.3 is 0 Å². The van der Waals surface area contributed by atoms with Gasteiger partial charge in [0.15, 0.2) is 0 Å². The molecule has 4 aromatic rings. The number of halogens is 1. The standard InChI is InChI=1S/C22H16FN3O2S/c23-16-4-6-17(7-5-16)26-12-15-11-25(9-8-14(15)10-20(26)27)22(28)18-2-1-3-19-21(18)29-13-24-19/h1-7,10,12-13H,8-9,11H2. The van der Waals surface area contributed by atoms with Gasteiger partial charge in [-0.25, -0.2) is 9.37 Å². The van der Waals surface area contributed by atoms with Gasteiger partial charge in [0.25, 0.3) is 11.5 Å². The highest BCUT2D eigenvalue weighted by molar-refractivity contribution is 7.17. The molecule has 2 aromatic heterocycles. The van der Waals surface area contributed by atoms with E-state index in [4.69, 9.17) is 0 Å². The fraction of sp³-hybridized carbons (Fsp3) is 0.136. The summed E-state index contributed by atoms with van der Waals surface area (Å²) in [7, 11) is 0. The molecule has 0 fully saturated rings. The molecule has 0 N–H and O–H groups in total. The highest BCUT2D eigenvalue weighted by atomic mass is 32.1. The zero-order valence-corrected chi connectivity index (χ0v) is 16.2. The Morgan fingerprint density at radius 3 is 2.76 bits per heavy atom. The Bertz CT molecular complexity index is 1290. The van der Waals surface area contributed by atoms with E-state index in [-0.39, 0.29) is 17.3 Å². The molecule has 0 bridgehead atoms. The molecule has 1 aliphatic heterocycles. The molecular weight excluding hydrogens is 389 g/mol. The number of pyridine rings is 1. The Morgan fingerprint density at radius 1 is 1.10 bits per heavy atom. The molecule has 0 saturated carbocycles. The lowest BCUT2D eigenvalue weighted by Crippen LogP contribution is -2.37. The number of hydrogen-bond donors (Lipinski definition) is 0. The van der Waals surface area contributed by atoms with Gasteiger partial charge in [-0.1, -0.05) is 6.07 Å². The fourth-order valence-electron chi connectivity index (χ4n) is 3.73. The predicted molar refractivity (Wildman–Crippen MR) is 110 cm³/mol. The summed E-state index contributed by atoms with van der Waals surface area (Å²) in [4.78, 5) is 31.8. The lowest BCUT2D eigenvalue weighted by molar-refractivity contribution is 0.0736. The number of benzene rings is 2. The van der Waals surface area contributed by atoms with Gasteiger partial charge in [0.05, 0.1) is 21.3 Å². The molecule has 0 saturated heterocycles. The summed E-state index contributed by atoms with van der Waals surface area (Å²) in [6.07, 6.45) is 2.39. The maximum atomic E-state index is 13.2. The summed E-state index contributed by atoms with van der Waals surface area (Å²) < 4.78 is 15.6. The third kappa shape index (κ3) is 3.13. The van der Waals surface area contributed by atoms with Crippen molar-refractivity contribution in [3.63, 3.8) is 0 Å². The molecule has 0 aliphatic carbocycles. The molecular formula is C22H16FN3O2S. The molecule has 144 valence electrons. The van der Waals surface area contributed by atoms with E-state index in [2.05, 4.69) is 4.98 Å². The van der Waals surface area contributed by atoms with Crippen LogP contribution in [0.15, 0.2) is 65.0 Å². The number of rotatable bonds is 2. The minimum atomic E-state index is -0.353. The van der Waals surface area contributed by atoms with Crippen LogP contribution in [0.25, 0.3) is 15.9 Å². The first kappa shape index (κ1) is 17.8. The number of carbonyl (C=O) groups excluding carboxylic acids is 1. The Morgan fingerprint density at radius 2 is 1.93 bits per heavy atom. The maximum Gasteiger partial charge on any atom is 0.255 e. The SMILES string of the molecule is O=C(c1cccc2ncsc12)N1CCc2cc(=O)n(-c3ccc(F)cc3)cc2C1. The van der Waals surface area contributed by atoms with E-state index in [0.717, 1.165) is 21.3 Å². The Balaban J connectivity index is 1.49. The normalized spacial score (nSPS) is 13.5. The van der Waals surface area contributed by atoms with Gasteiger partial charge < -0.3 is 4.90 Å². The van der Waals surface area contributed by atoms with Gasteiger partial charge in [-0.15, -0.1) is 11.3 Å². The molecule has 29 heavy (non-hydrogen) atoms.